The molecule has 0 heterocycles. The second kappa shape index (κ2) is 13.8. The van der Waals surface area contributed by atoms with E-state index in [0.29, 0.717) is 12.0 Å². The molecule has 0 unspecified atom stereocenters. The molecule has 0 saturated carbocycles. The van der Waals surface area contributed by atoms with Crippen LogP contribution in [0.5, 0.6) is 0 Å². The van der Waals surface area contributed by atoms with E-state index >= 15 is 0 Å². The van der Waals surface area contributed by atoms with E-state index in [1.165, 1.54) is 56.7 Å². The molecule has 0 fully saturated rings. The standard InChI is InChI=1S/C19H38O3Si/c1-5-8-15-23(16-9-6-2,17-10-7-3)22-14-12-11-13-18(4)19(20)21/h4-17H2,1-3H3,(H,20,21). The lowest BCUT2D eigenvalue weighted by Gasteiger charge is -2.32. The minimum Gasteiger partial charge on any atom is -0.478 e. The van der Waals surface area contributed by atoms with Gasteiger partial charge >= 0.3 is 5.97 Å². The van der Waals surface area contributed by atoms with Gasteiger partial charge in [0.25, 0.3) is 0 Å². The van der Waals surface area contributed by atoms with Crippen molar-refractivity contribution in [2.45, 2.75) is 96.7 Å². The highest BCUT2D eigenvalue weighted by Gasteiger charge is 2.32. The third-order valence-electron chi connectivity index (χ3n) is 4.54. The minimum atomic E-state index is -1.60. The fourth-order valence-corrected chi connectivity index (χ4v) is 7.68. The molecule has 136 valence electrons. The number of aliphatic carboxylic acids is 1. The summed E-state index contributed by atoms with van der Waals surface area (Å²) < 4.78 is 6.54. The van der Waals surface area contributed by atoms with Crippen LogP contribution in [0.15, 0.2) is 12.2 Å². The van der Waals surface area contributed by atoms with Crippen molar-refractivity contribution in [1.82, 2.24) is 0 Å². The lowest BCUT2D eigenvalue weighted by Crippen LogP contribution is -2.38. The number of carboxylic acids is 1. The summed E-state index contributed by atoms with van der Waals surface area (Å²) in [6, 6.07) is 3.89. The lowest BCUT2D eigenvalue weighted by atomic mass is 10.1. The minimum absolute atomic E-state index is 0.316. The van der Waals surface area contributed by atoms with E-state index in [1.807, 2.05) is 0 Å². The zero-order valence-electron chi connectivity index (χ0n) is 15.7. The predicted molar refractivity (Wildman–Crippen MR) is 101 cm³/mol. The Hall–Kier alpha value is -0.613. The lowest BCUT2D eigenvalue weighted by molar-refractivity contribution is -0.132. The van der Waals surface area contributed by atoms with Crippen LogP contribution in [0.4, 0.5) is 0 Å². The van der Waals surface area contributed by atoms with Gasteiger partial charge in [0.2, 0.25) is 0 Å². The Morgan fingerprint density at radius 2 is 1.39 bits per heavy atom. The molecule has 0 aliphatic rings. The summed E-state index contributed by atoms with van der Waals surface area (Å²) in [5.74, 6) is -0.872. The van der Waals surface area contributed by atoms with Gasteiger partial charge < -0.3 is 9.53 Å². The fourth-order valence-electron chi connectivity index (χ4n) is 2.92. The van der Waals surface area contributed by atoms with E-state index < -0.39 is 14.3 Å². The van der Waals surface area contributed by atoms with Crippen molar-refractivity contribution >= 4 is 14.3 Å². The third-order valence-corrected chi connectivity index (χ3v) is 9.15. The summed E-state index contributed by atoms with van der Waals surface area (Å²) in [7, 11) is -1.60. The molecule has 0 atom stereocenters. The SMILES string of the molecule is C=C(CCCCO[Si](CCCC)(CCCC)CCCC)C(=O)O. The maximum atomic E-state index is 10.8. The Morgan fingerprint density at radius 3 is 1.78 bits per heavy atom. The molecule has 3 nitrogen and oxygen atoms in total. The number of carboxylic acid groups (broad SMARTS) is 1. The molecule has 23 heavy (non-hydrogen) atoms. The maximum Gasteiger partial charge on any atom is 0.330 e. The van der Waals surface area contributed by atoms with E-state index in [4.69, 9.17) is 9.53 Å². The Balaban J connectivity index is 4.40. The maximum absolute atomic E-state index is 10.8. The molecule has 0 aromatic heterocycles. The highest BCUT2D eigenvalue weighted by atomic mass is 28.4. The second-order valence-corrected chi connectivity index (χ2v) is 10.9. The molecule has 0 aromatic carbocycles. The van der Waals surface area contributed by atoms with Crippen molar-refractivity contribution < 1.29 is 14.3 Å². The van der Waals surface area contributed by atoms with Gasteiger partial charge in [0.1, 0.15) is 0 Å². The monoisotopic (exact) mass is 342 g/mol. The van der Waals surface area contributed by atoms with Crippen molar-refractivity contribution in [3.63, 3.8) is 0 Å². The number of carbonyl (C=O) groups is 1. The summed E-state index contributed by atoms with van der Waals surface area (Å²) in [5, 5.41) is 8.84. The molecule has 4 heteroatoms. The van der Waals surface area contributed by atoms with E-state index in [-0.39, 0.29) is 0 Å². The van der Waals surface area contributed by atoms with Gasteiger partial charge in [0.15, 0.2) is 8.32 Å². The van der Waals surface area contributed by atoms with Gasteiger partial charge in [0.05, 0.1) is 0 Å². The Labute approximate surface area is 144 Å². The van der Waals surface area contributed by atoms with Crippen LogP contribution in [-0.4, -0.2) is 26.0 Å². The molecule has 1 N–H and O–H groups in total. The number of hydrogen-bond acceptors (Lipinski definition) is 2. The molecule has 0 aromatic rings. The van der Waals surface area contributed by atoms with Crippen LogP contribution in [0.2, 0.25) is 18.1 Å². The van der Waals surface area contributed by atoms with Crippen LogP contribution in [0.25, 0.3) is 0 Å². The van der Waals surface area contributed by atoms with E-state index in [0.717, 1.165) is 19.4 Å². The zero-order valence-corrected chi connectivity index (χ0v) is 16.7. The predicted octanol–water partition coefficient (Wildman–Crippen LogP) is 6.16. The van der Waals surface area contributed by atoms with Crippen LogP contribution >= 0.6 is 0 Å². The van der Waals surface area contributed by atoms with Crippen LogP contribution < -0.4 is 0 Å². The van der Waals surface area contributed by atoms with Crippen molar-refractivity contribution in [3.8, 4) is 0 Å². The first-order valence-electron chi connectivity index (χ1n) is 9.56. The van der Waals surface area contributed by atoms with Gasteiger partial charge in [-0.25, -0.2) is 4.79 Å². The van der Waals surface area contributed by atoms with Gasteiger partial charge in [-0.15, -0.1) is 0 Å². The summed E-state index contributed by atoms with van der Waals surface area (Å²) >= 11 is 0. The van der Waals surface area contributed by atoms with Gasteiger partial charge in [-0.1, -0.05) is 65.9 Å². The number of unbranched alkanes of at least 4 members (excludes halogenated alkanes) is 4. The highest BCUT2D eigenvalue weighted by molar-refractivity contribution is 6.73. The van der Waals surface area contributed by atoms with Crippen LogP contribution in [-0.2, 0) is 9.22 Å². The summed E-state index contributed by atoms with van der Waals surface area (Å²) in [6.45, 7) is 11.2. The van der Waals surface area contributed by atoms with Crippen LogP contribution in [0.1, 0.15) is 78.6 Å². The molecular formula is C19H38O3Si. The van der Waals surface area contributed by atoms with Gasteiger partial charge in [-0.05, 0) is 37.4 Å². The molecule has 0 amide bonds. The Bertz CT molecular complexity index is 307. The average molecular weight is 343 g/mol. The quantitative estimate of drug-likeness (QED) is 0.207. The molecule has 0 aliphatic heterocycles. The highest BCUT2D eigenvalue weighted by Crippen LogP contribution is 2.30. The first-order chi connectivity index (χ1) is 11.0. The molecule has 0 saturated heterocycles. The van der Waals surface area contributed by atoms with E-state index in [9.17, 15) is 4.79 Å². The fraction of sp³-hybridized carbons (Fsp3) is 0.842. The smallest absolute Gasteiger partial charge is 0.330 e. The summed E-state index contributed by atoms with van der Waals surface area (Å²) in [6.07, 6.45) is 9.99. The molecule has 0 bridgehead atoms. The Kier molecular flexibility index (Phi) is 13.4. The third kappa shape index (κ3) is 10.7. The largest absolute Gasteiger partial charge is 0.478 e. The molecule has 0 aliphatic carbocycles. The van der Waals surface area contributed by atoms with Crippen molar-refractivity contribution in [3.05, 3.63) is 12.2 Å². The average Bonchev–Trinajstić information content (AvgIpc) is 2.55. The zero-order chi connectivity index (χ0) is 17.6. The molecular weight excluding hydrogens is 304 g/mol. The summed E-state index contributed by atoms with van der Waals surface area (Å²) in [5.41, 5.74) is 0.316. The van der Waals surface area contributed by atoms with Crippen LogP contribution in [0.3, 0.4) is 0 Å². The van der Waals surface area contributed by atoms with Gasteiger partial charge in [0, 0.05) is 12.2 Å². The normalized spacial score (nSPS) is 11.6. The van der Waals surface area contributed by atoms with Crippen LogP contribution in [0, 0.1) is 0 Å². The second-order valence-electron chi connectivity index (χ2n) is 6.71. The first-order valence-corrected chi connectivity index (χ1v) is 12.1. The van der Waals surface area contributed by atoms with Crippen molar-refractivity contribution in [2.24, 2.45) is 0 Å². The topological polar surface area (TPSA) is 46.5 Å². The van der Waals surface area contributed by atoms with Gasteiger partial charge in [-0.3, -0.25) is 0 Å². The van der Waals surface area contributed by atoms with E-state index in [1.54, 1.807) is 0 Å². The number of hydrogen-bond donors (Lipinski definition) is 1. The number of rotatable bonds is 16. The molecule has 0 radical (unpaired) electrons. The van der Waals surface area contributed by atoms with Crippen molar-refractivity contribution in [2.75, 3.05) is 6.61 Å². The van der Waals surface area contributed by atoms with Gasteiger partial charge in [-0.2, -0.15) is 0 Å². The molecule has 0 spiro atoms. The van der Waals surface area contributed by atoms with E-state index in [2.05, 4.69) is 27.4 Å². The first kappa shape index (κ1) is 22.4. The Morgan fingerprint density at radius 1 is 0.913 bits per heavy atom. The van der Waals surface area contributed by atoms with Crippen molar-refractivity contribution in [1.29, 1.82) is 0 Å². The summed E-state index contributed by atoms with van der Waals surface area (Å²) in [4.78, 5) is 10.8. The molecule has 0 rings (SSSR count).